The number of aliphatic imine (C=N–C) groups is 1. The number of ether oxygens (including phenoxy) is 1. The van der Waals surface area contributed by atoms with Gasteiger partial charge in [0.25, 0.3) is 0 Å². The molecule has 1 aliphatic carbocycles. The van der Waals surface area contributed by atoms with Gasteiger partial charge >= 0.3 is 0 Å². The summed E-state index contributed by atoms with van der Waals surface area (Å²) in [5.41, 5.74) is 2.65. The van der Waals surface area contributed by atoms with E-state index in [1.54, 1.807) is 0 Å². The fraction of sp³-hybridized carbons (Fsp3) is 0.632. The summed E-state index contributed by atoms with van der Waals surface area (Å²) >= 11 is 0. The average molecular weight is 458 g/mol. The summed E-state index contributed by atoms with van der Waals surface area (Å²) in [5, 5.41) is 6.88. The van der Waals surface area contributed by atoms with E-state index in [-0.39, 0.29) is 24.0 Å². The van der Waals surface area contributed by atoms with E-state index in [2.05, 4.69) is 53.6 Å². The molecule has 0 bridgehead atoms. The van der Waals surface area contributed by atoms with Crippen molar-refractivity contribution in [2.75, 3.05) is 39.4 Å². The monoisotopic (exact) mass is 458 g/mol. The van der Waals surface area contributed by atoms with Crippen LogP contribution in [0.5, 0.6) is 0 Å². The summed E-state index contributed by atoms with van der Waals surface area (Å²) in [4.78, 5) is 7.39. The normalized spacial score (nSPS) is 19.8. The molecule has 2 fully saturated rings. The van der Waals surface area contributed by atoms with Gasteiger partial charge in [0.2, 0.25) is 0 Å². The van der Waals surface area contributed by atoms with Gasteiger partial charge in [0, 0.05) is 25.7 Å². The fourth-order valence-electron chi connectivity index (χ4n) is 3.12. The van der Waals surface area contributed by atoms with Crippen LogP contribution >= 0.6 is 24.0 Å². The first-order valence-corrected chi connectivity index (χ1v) is 9.19. The predicted molar refractivity (Wildman–Crippen MR) is 114 cm³/mol. The smallest absolute Gasteiger partial charge is 0.191 e. The first kappa shape index (κ1) is 20.5. The standard InChI is InChI=1S/C19H30N4O.HI/c1-3-20-19(22-17-7-8-17)21-14-18(23-9-11-24-12-10-23)16-6-4-5-15(2)13-16;/h4-6,13,17-18H,3,7-12,14H2,1-2H3,(H2,20,21,22);1H. The van der Waals surface area contributed by atoms with Crippen LogP contribution in [0.25, 0.3) is 0 Å². The van der Waals surface area contributed by atoms with Crippen LogP contribution in [-0.2, 0) is 4.74 Å². The molecule has 25 heavy (non-hydrogen) atoms. The van der Waals surface area contributed by atoms with Crippen molar-refractivity contribution in [2.24, 2.45) is 4.99 Å². The van der Waals surface area contributed by atoms with Crippen molar-refractivity contribution in [1.82, 2.24) is 15.5 Å². The molecule has 2 N–H and O–H groups in total. The van der Waals surface area contributed by atoms with E-state index in [0.29, 0.717) is 12.1 Å². The maximum atomic E-state index is 5.53. The topological polar surface area (TPSA) is 48.9 Å². The number of halogens is 1. The number of nitrogens with zero attached hydrogens (tertiary/aromatic N) is 2. The van der Waals surface area contributed by atoms with Gasteiger partial charge in [-0.3, -0.25) is 9.89 Å². The molecule has 1 aromatic rings. The van der Waals surface area contributed by atoms with E-state index in [4.69, 9.17) is 9.73 Å². The van der Waals surface area contributed by atoms with E-state index < -0.39 is 0 Å². The molecule has 1 atom stereocenters. The highest BCUT2D eigenvalue weighted by atomic mass is 127. The van der Waals surface area contributed by atoms with Crippen LogP contribution in [0.3, 0.4) is 0 Å². The Morgan fingerprint density at radius 2 is 2.08 bits per heavy atom. The first-order chi connectivity index (χ1) is 11.8. The van der Waals surface area contributed by atoms with Gasteiger partial charge in [-0.15, -0.1) is 24.0 Å². The van der Waals surface area contributed by atoms with Crippen LogP contribution in [0.2, 0.25) is 0 Å². The van der Waals surface area contributed by atoms with Crippen molar-refractivity contribution in [3.8, 4) is 0 Å². The lowest BCUT2D eigenvalue weighted by Gasteiger charge is -2.34. The lowest BCUT2D eigenvalue weighted by molar-refractivity contribution is 0.0179. The number of hydrogen-bond acceptors (Lipinski definition) is 3. The molecule has 1 saturated heterocycles. The summed E-state index contributed by atoms with van der Waals surface area (Å²) < 4.78 is 5.53. The van der Waals surface area contributed by atoms with Gasteiger partial charge in [0.05, 0.1) is 25.8 Å². The van der Waals surface area contributed by atoms with E-state index in [1.165, 1.54) is 24.0 Å². The third kappa shape index (κ3) is 6.42. The zero-order valence-corrected chi connectivity index (χ0v) is 17.7. The van der Waals surface area contributed by atoms with Gasteiger partial charge in [-0.05, 0) is 32.3 Å². The van der Waals surface area contributed by atoms with Gasteiger partial charge in [-0.2, -0.15) is 0 Å². The van der Waals surface area contributed by atoms with Crippen LogP contribution < -0.4 is 10.6 Å². The van der Waals surface area contributed by atoms with Crippen LogP contribution in [-0.4, -0.2) is 56.3 Å². The van der Waals surface area contributed by atoms with E-state index >= 15 is 0 Å². The summed E-state index contributed by atoms with van der Waals surface area (Å²) in [6.07, 6.45) is 2.52. The second kappa shape index (κ2) is 10.3. The van der Waals surface area contributed by atoms with Gasteiger partial charge in [0.15, 0.2) is 5.96 Å². The molecule has 1 heterocycles. The van der Waals surface area contributed by atoms with Crippen molar-refractivity contribution in [1.29, 1.82) is 0 Å². The fourth-order valence-corrected chi connectivity index (χ4v) is 3.12. The Labute approximate surface area is 168 Å². The number of benzene rings is 1. The summed E-state index contributed by atoms with van der Waals surface area (Å²) in [7, 11) is 0. The Hall–Kier alpha value is -0.860. The molecule has 0 aromatic heterocycles. The van der Waals surface area contributed by atoms with Crippen molar-refractivity contribution >= 4 is 29.9 Å². The largest absolute Gasteiger partial charge is 0.379 e. The Kier molecular flexibility index (Phi) is 8.45. The summed E-state index contributed by atoms with van der Waals surface area (Å²) in [5.74, 6) is 0.950. The van der Waals surface area contributed by atoms with Gasteiger partial charge < -0.3 is 15.4 Å². The number of rotatable bonds is 6. The third-order valence-electron chi connectivity index (χ3n) is 4.60. The predicted octanol–water partition coefficient (Wildman–Crippen LogP) is 2.70. The van der Waals surface area contributed by atoms with E-state index in [9.17, 15) is 0 Å². The Morgan fingerprint density at radius 1 is 1.32 bits per heavy atom. The van der Waals surface area contributed by atoms with Gasteiger partial charge in [0.1, 0.15) is 0 Å². The number of morpholine rings is 1. The molecule has 0 amide bonds. The molecule has 1 aromatic carbocycles. The molecule has 140 valence electrons. The zero-order valence-electron chi connectivity index (χ0n) is 15.3. The van der Waals surface area contributed by atoms with Gasteiger partial charge in [-0.1, -0.05) is 29.8 Å². The molecular formula is C19H31IN4O. The second-order valence-electron chi connectivity index (χ2n) is 6.72. The molecule has 1 aliphatic heterocycles. The molecule has 1 unspecified atom stereocenters. The highest BCUT2D eigenvalue weighted by Crippen LogP contribution is 2.23. The highest BCUT2D eigenvalue weighted by molar-refractivity contribution is 14.0. The Morgan fingerprint density at radius 3 is 2.72 bits per heavy atom. The minimum Gasteiger partial charge on any atom is -0.379 e. The van der Waals surface area contributed by atoms with Gasteiger partial charge in [-0.25, -0.2) is 0 Å². The molecule has 0 radical (unpaired) electrons. The third-order valence-corrected chi connectivity index (χ3v) is 4.60. The highest BCUT2D eigenvalue weighted by Gasteiger charge is 2.24. The zero-order chi connectivity index (χ0) is 16.8. The number of aryl methyl sites for hydroxylation is 1. The lowest BCUT2D eigenvalue weighted by atomic mass is 10.0. The number of nitrogens with one attached hydrogen (secondary N) is 2. The molecular weight excluding hydrogens is 427 g/mol. The average Bonchev–Trinajstić information content (AvgIpc) is 3.40. The van der Waals surface area contributed by atoms with Crippen molar-refractivity contribution in [3.63, 3.8) is 0 Å². The lowest BCUT2D eigenvalue weighted by Crippen LogP contribution is -2.42. The molecule has 3 rings (SSSR count). The van der Waals surface area contributed by atoms with E-state index in [1.807, 2.05) is 0 Å². The van der Waals surface area contributed by atoms with Crippen LogP contribution in [0, 0.1) is 6.92 Å². The Bertz CT molecular complexity index is 556. The van der Waals surface area contributed by atoms with Crippen LogP contribution in [0.15, 0.2) is 29.3 Å². The molecule has 6 heteroatoms. The SMILES string of the molecule is CCNC(=NCC(c1cccc(C)c1)N1CCOCC1)NC1CC1.I. The molecule has 2 aliphatic rings. The minimum atomic E-state index is 0. The molecule has 1 saturated carbocycles. The number of hydrogen-bond donors (Lipinski definition) is 2. The number of guanidine groups is 1. The van der Waals surface area contributed by atoms with E-state index in [0.717, 1.165) is 45.4 Å². The second-order valence-corrected chi connectivity index (χ2v) is 6.72. The van der Waals surface area contributed by atoms with Crippen molar-refractivity contribution < 1.29 is 4.74 Å². The van der Waals surface area contributed by atoms with Crippen molar-refractivity contribution in [2.45, 2.75) is 38.8 Å². The maximum absolute atomic E-state index is 5.53. The molecule has 5 nitrogen and oxygen atoms in total. The molecule has 0 spiro atoms. The Balaban J connectivity index is 0.00000225. The maximum Gasteiger partial charge on any atom is 0.191 e. The minimum absolute atomic E-state index is 0. The van der Waals surface area contributed by atoms with Crippen molar-refractivity contribution in [3.05, 3.63) is 35.4 Å². The quantitative estimate of drug-likeness (QED) is 0.391. The summed E-state index contributed by atoms with van der Waals surface area (Å²) in [6.45, 7) is 9.50. The summed E-state index contributed by atoms with van der Waals surface area (Å²) in [6, 6.07) is 9.74. The van der Waals surface area contributed by atoms with Crippen LogP contribution in [0.1, 0.15) is 36.9 Å². The van der Waals surface area contributed by atoms with Crippen LogP contribution in [0.4, 0.5) is 0 Å². The first-order valence-electron chi connectivity index (χ1n) is 9.19.